The number of aliphatic imine (C=N–C) groups is 1. The van der Waals surface area contributed by atoms with Crippen molar-refractivity contribution in [3.05, 3.63) is 55.0 Å². The number of hydrogen-bond acceptors (Lipinski definition) is 6. The number of nitrogens with zero attached hydrogens (tertiary/aromatic N) is 4. The maximum Gasteiger partial charge on any atom is 0.236 e. The van der Waals surface area contributed by atoms with Gasteiger partial charge in [-0.2, -0.15) is 5.10 Å². The summed E-state index contributed by atoms with van der Waals surface area (Å²) in [6.07, 6.45) is 5.18. The molecule has 33 heavy (non-hydrogen) atoms. The third-order valence-electron chi connectivity index (χ3n) is 7.19. The van der Waals surface area contributed by atoms with Gasteiger partial charge < -0.3 is 15.8 Å². The van der Waals surface area contributed by atoms with Gasteiger partial charge in [-0.05, 0) is 42.2 Å². The van der Waals surface area contributed by atoms with Crippen LogP contribution in [0.5, 0.6) is 11.5 Å². The fourth-order valence-electron chi connectivity index (χ4n) is 4.89. The molecule has 8 nitrogen and oxygen atoms in total. The summed E-state index contributed by atoms with van der Waals surface area (Å²) in [5.74, 6) is 1.96. The minimum atomic E-state index is -0.551. The van der Waals surface area contributed by atoms with Crippen molar-refractivity contribution in [1.29, 1.82) is 0 Å². The molecule has 2 aliphatic rings. The summed E-state index contributed by atoms with van der Waals surface area (Å²) in [7, 11) is 1.87. The molecule has 1 aliphatic heterocycles. The Bertz CT molecular complexity index is 1220. The molecule has 0 spiro atoms. The smallest absolute Gasteiger partial charge is 0.236 e. The van der Waals surface area contributed by atoms with Gasteiger partial charge in [0.15, 0.2) is 0 Å². The third-order valence-corrected chi connectivity index (χ3v) is 7.19. The maximum atomic E-state index is 13.3. The number of hydrogen-bond donors (Lipinski definition) is 2. The lowest BCUT2D eigenvalue weighted by atomic mass is 9.80. The van der Waals surface area contributed by atoms with Crippen LogP contribution in [-0.2, 0) is 11.8 Å². The SMILES string of the molecule is CC1C(C2(C(=O)Nc3ccc(Oc4ccnc(-c5cnn(C)c5)c4)cc3)C(C)C2C)=NC1N. The minimum Gasteiger partial charge on any atom is -0.457 e. The van der Waals surface area contributed by atoms with Crippen molar-refractivity contribution in [2.24, 2.45) is 40.9 Å². The van der Waals surface area contributed by atoms with Crippen LogP contribution in [0.4, 0.5) is 5.69 Å². The van der Waals surface area contributed by atoms with Crippen LogP contribution in [0.2, 0.25) is 0 Å². The molecule has 4 atom stereocenters. The number of nitrogens with one attached hydrogen (secondary N) is 1. The largest absolute Gasteiger partial charge is 0.457 e. The van der Waals surface area contributed by atoms with Gasteiger partial charge in [0.05, 0.1) is 17.3 Å². The normalized spacial score (nSPS) is 28.0. The predicted octanol–water partition coefficient (Wildman–Crippen LogP) is 3.86. The van der Waals surface area contributed by atoms with E-state index in [-0.39, 0.29) is 29.8 Å². The highest BCUT2D eigenvalue weighted by Gasteiger charge is 2.69. The lowest BCUT2D eigenvalue weighted by Crippen LogP contribution is -2.50. The number of ether oxygens (including phenoxy) is 1. The molecule has 8 heteroatoms. The predicted molar refractivity (Wildman–Crippen MR) is 127 cm³/mol. The van der Waals surface area contributed by atoms with E-state index in [1.165, 1.54) is 0 Å². The molecule has 3 N–H and O–H groups in total. The van der Waals surface area contributed by atoms with Gasteiger partial charge >= 0.3 is 0 Å². The summed E-state index contributed by atoms with van der Waals surface area (Å²) >= 11 is 0. The van der Waals surface area contributed by atoms with E-state index in [0.717, 1.165) is 22.7 Å². The summed E-state index contributed by atoms with van der Waals surface area (Å²) in [6.45, 7) is 6.26. The molecular weight excluding hydrogens is 416 g/mol. The molecule has 1 aliphatic carbocycles. The molecule has 0 radical (unpaired) electrons. The number of aromatic nitrogens is 3. The molecular formula is C25H28N6O2. The van der Waals surface area contributed by atoms with Gasteiger partial charge in [0.2, 0.25) is 5.91 Å². The Hall–Kier alpha value is -3.52. The van der Waals surface area contributed by atoms with Crippen LogP contribution < -0.4 is 15.8 Å². The van der Waals surface area contributed by atoms with Crippen LogP contribution in [0.25, 0.3) is 11.3 Å². The summed E-state index contributed by atoms with van der Waals surface area (Å²) in [5.41, 5.74) is 8.78. The van der Waals surface area contributed by atoms with E-state index in [1.807, 2.05) is 50.5 Å². The Labute approximate surface area is 192 Å². The van der Waals surface area contributed by atoms with Crippen LogP contribution in [0, 0.1) is 23.2 Å². The number of carbonyl (C=O) groups is 1. The molecule has 0 bridgehead atoms. The van der Waals surface area contributed by atoms with E-state index in [0.29, 0.717) is 11.5 Å². The molecule has 4 unspecified atom stereocenters. The van der Waals surface area contributed by atoms with E-state index >= 15 is 0 Å². The van der Waals surface area contributed by atoms with Gasteiger partial charge in [0.1, 0.15) is 17.7 Å². The maximum absolute atomic E-state index is 13.3. The molecule has 2 aromatic heterocycles. The van der Waals surface area contributed by atoms with E-state index < -0.39 is 5.41 Å². The summed E-state index contributed by atoms with van der Waals surface area (Å²) in [4.78, 5) is 22.2. The van der Waals surface area contributed by atoms with Gasteiger partial charge in [-0.1, -0.05) is 20.8 Å². The first kappa shape index (κ1) is 21.3. The van der Waals surface area contributed by atoms with Crippen molar-refractivity contribution in [2.75, 3.05) is 5.32 Å². The van der Waals surface area contributed by atoms with Crippen molar-refractivity contribution in [3.8, 4) is 22.8 Å². The standard InChI is InChI=1S/C25H28N6O2/c1-14-22(30-23(14)26)25(15(2)16(25)3)24(32)29-18-5-7-19(8-6-18)33-20-9-10-27-21(11-20)17-12-28-31(4)13-17/h5-16,23H,26H2,1-4H3,(H,29,32). The number of nitrogens with two attached hydrogens (primary N) is 1. The van der Waals surface area contributed by atoms with E-state index in [4.69, 9.17) is 10.5 Å². The van der Waals surface area contributed by atoms with Crippen LogP contribution >= 0.6 is 0 Å². The van der Waals surface area contributed by atoms with Gasteiger partial charge in [0, 0.05) is 48.4 Å². The number of pyridine rings is 1. The van der Waals surface area contributed by atoms with E-state index in [1.54, 1.807) is 23.1 Å². The molecule has 1 amide bonds. The van der Waals surface area contributed by atoms with E-state index in [9.17, 15) is 4.79 Å². The van der Waals surface area contributed by atoms with Gasteiger partial charge in [0.25, 0.3) is 0 Å². The molecule has 3 heterocycles. The first-order valence-electron chi connectivity index (χ1n) is 11.2. The molecule has 5 rings (SSSR count). The van der Waals surface area contributed by atoms with Gasteiger partial charge in [-0.25, -0.2) is 0 Å². The fourth-order valence-corrected chi connectivity index (χ4v) is 4.89. The molecule has 3 aromatic rings. The van der Waals surface area contributed by atoms with Crippen molar-refractivity contribution >= 4 is 17.3 Å². The Morgan fingerprint density at radius 2 is 1.85 bits per heavy atom. The van der Waals surface area contributed by atoms with Crippen LogP contribution in [0.3, 0.4) is 0 Å². The number of anilines is 1. The molecule has 1 fully saturated rings. The summed E-state index contributed by atoms with van der Waals surface area (Å²) in [6, 6.07) is 11.1. The quantitative estimate of drug-likeness (QED) is 0.600. The minimum absolute atomic E-state index is 0.0103. The van der Waals surface area contributed by atoms with Crippen molar-refractivity contribution < 1.29 is 9.53 Å². The number of amides is 1. The topological polar surface area (TPSA) is 107 Å². The molecule has 0 saturated heterocycles. The molecule has 170 valence electrons. The number of carbonyl (C=O) groups excluding carboxylic acids is 1. The van der Waals surface area contributed by atoms with Crippen molar-refractivity contribution in [1.82, 2.24) is 14.8 Å². The average molecular weight is 445 g/mol. The lowest BCUT2D eigenvalue weighted by molar-refractivity contribution is -0.119. The van der Waals surface area contributed by atoms with E-state index in [2.05, 4.69) is 34.2 Å². The fraction of sp³-hybridized carbons (Fsp3) is 0.360. The number of aryl methyl sites for hydroxylation is 1. The second-order valence-electron chi connectivity index (χ2n) is 9.10. The average Bonchev–Trinajstić information content (AvgIpc) is 3.11. The lowest BCUT2D eigenvalue weighted by Gasteiger charge is -2.35. The third kappa shape index (κ3) is 3.51. The van der Waals surface area contributed by atoms with Gasteiger partial charge in [-0.15, -0.1) is 0 Å². The zero-order valence-electron chi connectivity index (χ0n) is 19.2. The zero-order valence-corrected chi connectivity index (χ0v) is 19.2. The summed E-state index contributed by atoms with van der Waals surface area (Å²) in [5, 5.41) is 7.26. The number of benzene rings is 1. The Morgan fingerprint density at radius 3 is 2.42 bits per heavy atom. The van der Waals surface area contributed by atoms with Gasteiger partial charge in [-0.3, -0.25) is 19.5 Å². The summed E-state index contributed by atoms with van der Waals surface area (Å²) < 4.78 is 7.73. The Morgan fingerprint density at radius 1 is 1.12 bits per heavy atom. The second kappa shape index (κ2) is 7.81. The number of rotatable bonds is 6. The Kier molecular flexibility index (Phi) is 5.05. The van der Waals surface area contributed by atoms with Crippen molar-refractivity contribution in [2.45, 2.75) is 26.9 Å². The van der Waals surface area contributed by atoms with Crippen LogP contribution in [0.1, 0.15) is 20.8 Å². The first-order chi connectivity index (χ1) is 15.8. The molecule has 1 saturated carbocycles. The monoisotopic (exact) mass is 444 g/mol. The first-order valence-corrected chi connectivity index (χ1v) is 11.2. The highest BCUT2D eigenvalue weighted by molar-refractivity contribution is 6.18. The highest BCUT2D eigenvalue weighted by atomic mass is 16.5. The van der Waals surface area contributed by atoms with Crippen molar-refractivity contribution in [3.63, 3.8) is 0 Å². The Balaban J connectivity index is 1.28. The molecule has 1 aromatic carbocycles. The second-order valence-corrected chi connectivity index (χ2v) is 9.10. The van der Waals surface area contributed by atoms with Crippen LogP contribution in [-0.4, -0.2) is 32.5 Å². The zero-order chi connectivity index (χ0) is 23.3. The highest BCUT2D eigenvalue weighted by Crippen LogP contribution is 2.62. The van der Waals surface area contributed by atoms with Crippen LogP contribution in [0.15, 0.2) is 60.0 Å².